The van der Waals surface area contributed by atoms with E-state index in [0.717, 1.165) is 17.2 Å². The number of carbonyl (C=O) groups excluding carboxylic acids is 1. The van der Waals surface area contributed by atoms with Crippen molar-refractivity contribution in [1.82, 2.24) is 10.3 Å². The van der Waals surface area contributed by atoms with Gasteiger partial charge >= 0.3 is 5.97 Å². The lowest BCUT2D eigenvalue weighted by atomic mass is 9.87. The van der Waals surface area contributed by atoms with Crippen LogP contribution in [0, 0.1) is 11.8 Å². The van der Waals surface area contributed by atoms with E-state index in [1.165, 1.54) is 24.0 Å². The van der Waals surface area contributed by atoms with Crippen LogP contribution < -0.4 is 5.32 Å². The van der Waals surface area contributed by atoms with E-state index in [-0.39, 0.29) is 11.4 Å². The summed E-state index contributed by atoms with van der Waals surface area (Å²) in [5, 5.41) is 4.40. The molecule has 1 N–H and O–H groups in total. The second-order valence-corrected chi connectivity index (χ2v) is 8.42. The molecule has 1 aromatic rings. The fourth-order valence-corrected chi connectivity index (χ4v) is 3.74. The Kier molecular flexibility index (Phi) is 6.36. The van der Waals surface area contributed by atoms with E-state index in [2.05, 4.69) is 62.8 Å². The van der Waals surface area contributed by atoms with Crippen LogP contribution in [0.4, 0.5) is 0 Å². The van der Waals surface area contributed by atoms with Gasteiger partial charge in [0.15, 0.2) is 0 Å². The normalized spacial score (nSPS) is 20.3. The van der Waals surface area contributed by atoms with Crippen LogP contribution in [-0.2, 0) is 16.7 Å². The van der Waals surface area contributed by atoms with Gasteiger partial charge in [-0.3, -0.25) is 0 Å². The summed E-state index contributed by atoms with van der Waals surface area (Å²) in [6, 6.07) is 0. The van der Waals surface area contributed by atoms with Crippen molar-refractivity contribution in [2.75, 3.05) is 13.7 Å². The molecule has 0 bridgehead atoms. The standard InChI is InChI=1S/C20H28N2O2S/c1-7-14-8-9-15(13(2)10-14)11-21-12-16-17(18(23)24-6)25-19(22-16)20(3,4)5/h7-10,13,15,21H,1,11-12H2,2-6H3. The molecule has 1 aliphatic rings. The molecule has 0 radical (unpaired) electrons. The Hall–Kier alpha value is -1.72. The first-order valence-electron chi connectivity index (χ1n) is 8.58. The van der Waals surface area contributed by atoms with Gasteiger partial charge in [0.2, 0.25) is 0 Å². The second kappa shape index (κ2) is 8.11. The van der Waals surface area contributed by atoms with Crippen molar-refractivity contribution in [3.05, 3.63) is 52.0 Å². The van der Waals surface area contributed by atoms with Gasteiger partial charge < -0.3 is 10.1 Å². The Balaban J connectivity index is 2.04. The number of nitrogens with zero attached hydrogens (tertiary/aromatic N) is 1. The van der Waals surface area contributed by atoms with Crippen LogP contribution in [0.25, 0.3) is 0 Å². The first-order chi connectivity index (χ1) is 11.8. The van der Waals surface area contributed by atoms with Gasteiger partial charge in [-0.05, 0) is 17.4 Å². The van der Waals surface area contributed by atoms with Crippen LogP contribution >= 0.6 is 11.3 Å². The maximum Gasteiger partial charge on any atom is 0.350 e. The third kappa shape index (κ3) is 4.89. The number of allylic oxidation sites excluding steroid dienone is 4. The predicted molar refractivity (Wildman–Crippen MR) is 104 cm³/mol. The number of hydrogen-bond donors (Lipinski definition) is 1. The monoisotopic (exact) mass is 360 g/mol. The average molecular weight is 361 g/mol. The van der Waals surface area contributed by atoms with Crippen LogP contribution in [0.2, 0.25) is 0 Å². The SMILES string of the molecule is C=CC1=CC(C)C(CNCc2nc(C(C)(C)C)sc2C(=O)OC)C=C1. The number of thiazole rings is 1. The largest absolute Gasteiger partial charge is 0.465 e. The molecule has 1 heterocycles. The van der Waals surface area contributed by atoms with E-state index >= 15 is 0 Å². The molecule has 0 spiro atoms. The average Bonchev–Trinajstić information content (AvgIpc) is 3.00. The summed E-state index contributed by atoms with van der Waals surface area (Å²) in [5.74, 6) is 0.562. The number of rotatable bonds is 6. The van der Waals surface area contributed by atoms with Gasteiger partial charge in [-0.15, -0.1) is 11.3 Å². The molecule has 136 valence electrons. The van der Waals surface area contributed by atoms with E-state index in [4.69, 9.17) is 4.74 Å². The zero-order chi connectivity index (χ0) is 18.6. The Morgan fingerprint density at radius 3 is 2.76 bits per heavy atom. The number of hydrogen-bond acceptors (Lipinski definition) is 5. The smallest absolute Gasteiger partial charge is 0.350 e. The molecule has 1 aromatic heterocycles. The number of ether oxygens (including phenoxy) is 1. The molecule has 1 aliphatic carbocycles. The fraction of sp³-hybridized carbons (Fsp3) is 0.500. The van der Waals surface area contributed by atoms with Gasteiger partial charge in [-0.2, -0.15) is 0 Å². The molecule has 2 atom stereocenters. The minimum Gasteiger partial charge on any atom is -0.465 e. The molecule has 5 heteroatoms. The molecule has 0 saturated carbocycles. The van der Waals surface area contributed by atoms with Crippen LogP contribution in [-0.4, -0.2) is 24.6 Å². The van der Waals surface area contributed by atoms with Gasteiger partial charge in [0.25, 0.3) is 0 Å². The molecule has 0 amide bonds. The van der Waals surface area contributed by atoms with Gasteiger partial charge in [0.05, 0.1) is 17.8 Å². The van der Waals surface area contributed by atoms with E-state index in [1.807, 2.05) is 6.08 Å². The lowest BCUT2D eigenvalue weighted by molar-refractivity contribution is 0.0604. The molecule has 2 unspecified atom stereocenters. The summed E-state index contributed by atoms with van der Waals surface area (Å²) < 4.78 is 4.92. The summed E-state index contributed by atoms with van der Waals surface area (Å²) in [5.41, 5.74) is 1.86. The molecule has 0 aliphatic heterocycles. The van der Waals surface area contributed by atoms with Crippen molar-refractivity contribution in [3.8, 4) is 0 Å². The molecule has 4 nitrogen and oxygen atoms in total. The summed E-state index contributed by atoms with van der Waals surface area (Å²) in [6.07, 6.45) is 8.44. The van der Waals surface area contributed by atoms with Crippen molar-refractivity contribution in [2.45, 2.75) is 39.7 Å². The van der Waals surface area contributed by atoms with Crippen molar-refractivity contribution >= 4 is 17.3 Å². The van der Waals surface area contributed by atoms with E-state index in [1.54, 1.807) is 0 Å². The minimum absolute atomic E-state index is 0.0851. The minimum atomic E-state index is -0.311. The van der Waals surface area contributed by atoms with Crippen LogP contribution in [0.1, 0.15) is 48.1 Å². The molecule has 2 rings (SSSR count). The fourth-order valence-electron chi connectivity index (χ4n) is 2.68. The van der Waals surface area contributed by atoms with Crippen molar-refractivity contribution in [2.24, 2.45) is 11.8 Å². The Morgan fingerprint density at radius 1 is 1.48 bits per heavy atom. The van der Waals surface area contributed by atoms with E-state index < -0.39 is 0 Å². The van der Waals surface area contributed by atoms with Crippen molar-refractivity contribution in [3.63, 3.8) is 0 Å². The highest BCUT2D eigenvalue weighted by Gasteiger charge is 2.25. The van der Waals surface area contributed by atoms with Gasteiger partial charge in [0, 0.05) is 18.5 Å². The lowest BCUT2D eigenvalue weighted by Crippen LogP contribution is -2.27. The van der Waals surface area contributed by atoms with Gasteiger partial charge in [0.1, 0.15) is 4.88 Å². The second-order valence-electron chi connectivity index (χ2n) is 7.42. The Morgan fingerprint density at radius 2 is 2.20 bits per heavy atom. The van der Waals surface area contributed by atoms with Gasteiger partial charge in [-0.1, -0.05) is 58.6 Å². The summed E-state index contributed by atoms with van der Waals surface area (Å²) in [7, 11) is 1.41. The highest BCUT2D eigenvalue weighted by Crippen LogP contribution is 2.30. The first kappa shape index (κ1) is 19.6. The maximum absolute atomic E-state index is 12.1. The first-order valence-corrected chi connectivity index (χ1v) is 9.39. The Bertz CT molecular complexity index is 695. The zero-order valence-electron chi connectivity index (χ0n) is 15.8. The molecule has 0 fully saturated rings. The molecule has 0 aromatic carbocycles. The van der Waals surface area contributed by atoms with E-state index in [9.17, 15) is 4.79 Å². The van der Waals surface area contributed by atoms with E-state index in [0.29, 0.717) is 23.3 Å². The third-order valence-corrected chi connectivity index (χ3v) is 5.79. The summed E-state index contributed by atoms with van der Waals surface area (Å²) >= 11 is 1.43. The number of carbonyl (C=O) groups is 1. The summed E-state index contributed by atoms with van der Waals surface area (Å²) in [4.78, 5) is 17.3. The van der Waals surface area contributed by atoms with Crippen molar-refractivity contribution < 1.29 is 9.53 Å². The third-order valence-electron chi connectivity index (χ3n) is 4.28. The zero-order valence-corrected chi connectivity index (χ0v) is 16.6. The molecule has 0 saturated heterocycles. The van der Waals surface area contributed by atoms with Crippen LogP contribution in [0.15, 0.2) is 36.5 Å². The predicted octanol–water partition coefficient (Wildman–Crippen LogP) is 4.25. The lowest BCUT2D eigenvalue weighted by Gasteiger charge is -2.22. The highest BCUT2D eigenvalue weighted by molar-refractivity contribution is 7.13. The number of esters is 1. The maximum atomic E-state index is 12.1. The summed E-state index contributed by atoms with van der Waals surface area (Å²) in [6.45, 7) is 13.7. The number of nitrogens with one attached hydrogen (secondary N) is 1. The molecule has 25 heavy (non-hydrogen) atoms. The molecular weight excluding hydrogens is 332 g/mol. The topological polar surface area (TPSA) is 51.2 Å². The van der Waals surface area contributed by atoms with Crippen LogP contribution in [0.3, 0.4) is 0 Å². The van der Waals surface area contributed by atoms with Crippen LogP contribution in [0.5, 0.6) is 0 Å². The van der Waals surface area contributed by atoms with Crippen molar-refractivity contribution in [1.29, 1.82) is 0 Å². The van der Waals surface area contributed by atoms with Gasteiger partial charge in [-0.25, -0.2) is 9.78 Å². The quantitative estimate of drug-likeness (QED) is 0.771. The Labute approximate surface area is 154 Å². The number of aromatic nitrogens is 1. The highest BCUT2D eigenvalue weighted by atomic mass is 32.1. The number of methoxy groups -OCH3 is 1. The molecular formula is C20H28N2O2S.